The quantitative estimate of drug-likeness (QED) is 0.748. The maximum Gasteiger partial charge on any atom is 0.255 e. The van der Waals surface area contributed by atoms with E-state index in [1.54, 1.807) is 46.7 Å². The summed E-state index contributed by atoms with van der Waals surface area (Å²) in [6.45, 7) is 0.870. The number of benzene rings is 1. The highest BCUT2D eigenvalue weighted by molar-refractivity contribution is 7.91. The molecule has 0 atom stereocenters. The fraction of sp³-hybridized carbons (Fsp3) is 0.333. The van der Waals surface area contributed by atoms with E-state index in [9.17, 15) is 18.0 Å². The van der Waals surface area contributed by atoms with E-state index >= 15 is 0 Å². The number of ether oxygens (including phenoxy) is 1. The molecule has 2 heterocycles. The predicted octanol–water partition coefficient (Wildman–Crippen LogP) is 1.02. The molecule has 1 aliphatic heterocycles. The van der Waals surface area contributed by atoms with Crippen LogP contribution in [0.25, 0.3) is 0 Å². The first-order valence-corrected chi connectivity index (χ1v) is 11.0. The third-order valence-electron chi connectivity index (χ3n) is 4.43. The molecule has 10 heteroatoms. The number of hydrogen-bond donors (Lipinski definition) is 1. The number of nitrogens with zero attached hydrogens (tertiary/aromatic N) is 2. The van der Waals surface area contributed by atoms with Crippen molar-refractivity contribution in [2.75, 3.05) is 39.8 Å². The van der Waals surface area contributed by atoms with Crippen LogP contribution < -0.4 is 10.1 Å². The highest BCUT2D eigenvalue weighted by atomic mass is 32.2. The van der Waals surface area contributed by atoms with Crippen LogP contribution in [-0.4, -0.2) is 69.3 Å². The van der Waals surface area contributed by atoms with Crippen LogP contribution in [0, 0.1) is 0 Å². The summed E-state index contributed by atoms with van der Waals surface area (Å²) in [6.07, 6.45) is 0. The molecule has 0 aliphatic carbocycles. The van der Waals surface area contributed by atoms with Crippen molar-refractivity contribution in [2.45, 2.75) is 4.21 Å². The molecule has 2 aromatic rings. The Morgan fingerprint density at radius 1 is 1.11 bits per heavy atom. The summed E-state index contributed by atoms with van der Waals surface area (Å²) in [5.74, 6) is -0.221. The van der Waals surface area contributed by atoms with Crippen LogP contribution in [-0.2, 0) is 14.8 Å². The van der Waals surface area contributed by atoms with Gasteiger partial charge in [-0.3, -0.25) is 9.59 Å². The van der Waals surface area contributed by atoms with E-state index in [1.807, 2.05) is 0 Å². The fourth-order valence-electron chi connectivity index (χ4n) is 2.91. The van der Waals surface area contributed by atoms with Gasteiger partial charge < -0.3 is 15.0 Å². The van der Waals surface area contributed by atoms with Crippen molar-refractivity contribution in [1.82, 2.24) is 14.5 Å². The SMILES string of the molecule is COc1ccccc1C(=O)NCC(=O)N1CCN(S(=O)(=O)c2cccs2)CC1. The minimum Gasteiger partial charge on any atom is -0.496 e. The number of amides is 2. The van der Waals surface area contributed by atoms with E-state index in [1.165, 1.54) is 22.8 Å². The molecule has 150 valence electrons. The van der Waals surface area contributed by atoms with Gasteiger partial charge in [0.25, 0.3) is 15.9 Å². The minimum absolute atomic E-state index is 0.158. The summed E-state index contributed by atoms with van der Waals surface area (Å²) in [5.41, 5.74) is 0.352. The minimum atomic E-state index is -3.51. The van der Waals surface area contributed by atoms with Crippen LogP contribution in [0.5, 0.6) is 5.75 Å². The van der Waals surface area contributed by atoms with Crippen molar-refractivity contribution in [2.24, 2.45) is 0 Å². The number of rotatable bonds is 6. The first-order valence-electron chi connectivity index (χ1n) is 8.66. The van der Waals surface area contributed by atoms with Gasteiger partial charge in [-0.05, 0) is 23.6 Å². The average Bonchev–Trinajstić information content (AvgIpc) is 3.27. The van der Waals surface area contributed by atoms with Crippen molar-refractivity contribution in [3.8, 4) is 5.75 Å². The zero-order valence-corrected chi connectivity index (χ0v) is 17.0. The summed E-state index contributed by atoms with van der Waals surface area (Å²) in [7, 11) is -2.03. The Balaban J connectivity index is 1.52. The van der Waals surface area contributed by atoms with Crippen molar-refractivity contribution in [3.63, 3.8) is 0 Å². The molecule has 28 heavy (non-hydrogen) atoms. The normalized spacial score (nSPS) is 15.2. The molecule has 0 spiro atoms. The zero-order valence-electron chi connectivity index (χ0n) is 15.3. The Morgan fingerprint density at radius 3 is 2.46 bits per heavy atom. The Morgan fingerprint density at radius 2 is 1.82 bits per heavy atom. The Bertz CT molecular complexity index is 936. The fourth-order valence-corrected chi connectivity index (χ4v) is 5.48. The third-order valence-corrected chi connectivity index (χ3v) is 7.70. The summed E-state index contributed by atoms with van der Waals surface area (Å²) in [6, 6.07) is 10.0. The van der Waals surface area contributed by atoms with Crippen molar-refractivity contribution < 1.29 is 22.7 Å². The topological polar surface area (TPSA) is 96.0 Å². The van der Waals surface area contributed by atoms with Gasteiger partial charge in [-0.1, -0.05) is 18.2 Å². The van der Waals surface area contributed by atoms with E-state index in [-0.39, 0.29) is 38.6 Å². The summed E-state index contributed by atoms with van der Waals surface area (Å²) in [4.78, 5) is 26.2. The van der Waals surface area contributed by atoms with E-state index in [4.69, 9.17) is 4.74 Å². The number of piperazine rings is 1. The summed E-state index contributed by atoms with van der Waals surface area (Å²) < 4.78 is 31.9. The molecule has 2 amide bonds. The van der Waals surface area contributed by atoms with Gasteiger partial charge in [-0.25, -0.2) is 8.42 Å². The van der Waals surface area contributed by atoms with E-state index in [2.05, 4.69) is 5.32 Å². The second-order valence-corrected chi connectivity index (χ2v) is 9.21. The lowest BCUT2D eigenvalue weighted by Gasteiger charge is -2.33. The number of thiophene rings is 1. The average molecular weight is 424 g/mol. The molecule has 8 nitrogen and oxygen atoms in total. The van der Waals surface area contributed by atoms with Crippen LogP contribution in [0.15, 0.2) is 46.0 Å². The number of carbonyl (C=O) groups excluding carboxylic acids is 2. The maximum absolute atomic E-state index is 12.5. The lowest BCUT2D eigenvalue weighted by molar-refractivity contribution is -0.131. The zero-order chi connectivity index (χ0) is 20.1. The first kappa shape index (κ1) is 20.3. The highest BCUT2D eigenvalue weighted by Crippen LogP contribution is 2.22. The lowest BCUT2D eigenvalue weighted by atomic mass is 10.2. The summed E-state index contributed by atoms with van der Waals surface area (Å²) >= 11 is 1.17. The van der Waals surface area contributed by atoms with E-state index in [0.717, 1.165) is 0 Å². The Hall–Kier alpha value is -2.43. The smallest absolute Gasteiger partial charge is 0.255 e. The molecular weight excluding hydrogens is 402 g/mol. The van der Waals surface area contributed by atoms with Crippen molar-refractivity contribution in [1.29, 1.82) is 0 Å². The molecule has 0 bridgehead atoms. The lowest BCUT2D eigenvalue weighted by Crippen LogP contribution is -2.52. The van der Waals surface area contributed by atoms with Gasteiger partial charge in [0.05, 0.1) is 19.2 Å². The van der Waals surface area contributed by atoms with Crippen molar-refractivity contribution >= 4 is 33.2 Å². The number of sulfonamides is 1. The van der Waals surface area contributed by atoms with Gasteiger partial charge in [0, 0.05) is 26.2 Å². The Kier molecular flexibility index (Phi) is 6.32. The van der Waals surface area contributed by atoms with E-state index < -0.39 is 15.9 Å². The van der Waals surface area contributed by atoms with Crippen LogP contribution in [0.4, 0.5) is 0 Å². The molecule has 1 fully saturated rings. The van der Waals surface area contributed by atoms with Gasteiger partial charge in [0.15, 0.2) is 0 Å². The highest BCUT2D eigenvalue weighted by Gasteiger charge is 2.30. The molecule has 1 aromatic heterocycles. The molecular formula is C18H21N3O5S2. The van der Waals surface area contributed by atoms with Gasteiger partial charge in [0.2, 0.25) is 5.91 Å². The number of carbonyl (C=O) groups is 2. The van der Waals surface area contributed by atoms with Crippen LogP contribution >= 0.6 is 11.3 Å². The molecule has 0 saturated carbocycles. The van der Waals surface area contributed by atoms with Gasteiger partial charge in [-0.15, -0.1) is 11.3 Å². The van der Waals surface area contributed by atoms with Gasteiger partial charge >= 0.3 is 0 Å². The van der Waals surface area contributed by atoms with Crippen LogP contribution in [0.2, 0.25) is 0 Å². The molecule has 0 unspecified atom stereocenters. The molecule has 1 N–H and O–H groups in total. The molecule has 1 saturated heterocycles. The number of para-hydroxylation sites is 1. The maximum atomic E-state index is 12.5. The van der Waals surface area contributed by atoms with Crippen LogP contribution in [0.1, 0.15) is 10.4 Å². The first-order chi connectivity index (χ1) is 13.4. The standard InChI is InChI=1S/C18H21N3O5S2/c1-26-15-6-3-2-5-14(15)18(23)19-13-16(22)20-8-10-21(11-9-20)28(24,25)17-7-4-12-27-17/h2-7,12H,8-11,13H2,1H3,(H,19,23). The van der Waals surface area contributed by atoms with Crippen LogP contribution in [0.3, 0.4) is 0 Å². The predicted molar refractivity (Wildman–Crippen MR) is 105 cm³/mol. The second kappa shape index (κ2) is 8.72. The van der Waals surface area contributed by atoms with Gasteiger partial charge in [0.1, 0.15) is 9.96 Å². The second-order valence-electron chi connectivity index (χ2n) is 6.10. The molecule has 3 rings (SSSR count). The monoisotopic (exact) mass is 423 g/mol. The van der Waals surface area contributed by atoms with Crippen molar-refractivity contribution in [3.05, 3.63) is 47.3 Å². The largest absolute Gasteiger partial charge is 0.496 e. The number of methoxy groups -OCH3 is 1. The molecule has 1 aliphatic rings. The third kappa shape index (κ3) is 4.34. The van der Waals surface area contributed by atoms with E-state index in [0.29, 0.717) is 15.5 Å². The summed E-state index contributed by atoms with van der Waals surface area (Å²) in [5, 5.41) is 4.31. The Labute approximate surface area is 167 Å². The molecule has 1 aromatic carbocycles. The number of hydrogen-bond acceptors (Lipinski definition) is 6. The van der Waals surface area contributed by atoms with Gasteiger partial charge in [-0.2, -0.15) is 4.31 Å². The molecule has 0 radical (unpaired) electrons. The number of nitrogens with one attached hydrogen (secondary N) is 1.